The molecule has 13 heteroatoms. The maximum atomic E-state index is 13.2. The fraction of sp³-hybridized carbons (Fsp3) is 0.684. The van der Waals surface area contributed by atoms with Gasteiger partial charge in [-0.15, -0.1) is 0 Å². The van der Waals surface area contributed by atoms with Crippen molar-refractivity contribution in [3.63, 3.8) is 0 Å². The molecule has 2 rings (SSSR count). The molecule has 292 valence electrons. The Morgan fingerprint density at radius 3 is 0.922 bits per heavy atom. The lowest BCUT2D eigenvalue weighted by atomic mass is 10.1. The fourth-order valence-corrected chi connectivity index (χ4v) is 10.9. The van der Waals surface area contributed by atoms with Gasteiger partial charge in [0.2, 0.25) is 9.84 Å². The van der Waals surface area contributed by atoms with Gasteiger partial charge in [0.05, 0.1) is 23.0 Å². The van der Waals surface area contributed by atoms with Crippen LogP contribution in [0.15, 0.2) is 58.3 Å². The highest BCUT2D eigenvalue weighted by Crippen LogP contribution is 2.26. The molecule has 0 bridgehead atoms. The lowest BCUT2D eigenvalue weighted by molar-refractivity contribution is 0.122. The zero-order chi connectivity index (χ0) is 37.3. The second kappa shape index (κ2) is 26.0. The van der Waals surface area contributed by atoms with Crippen LogP contribution in [0.3, 0.4) is 0 Å². The van der Waals surface area contributed by atoms with E-state index in [-0.39, 0.29) is 9.79 Å². The van der Waals surface area contributed by atoms with Gasteiger partial charge in [-0.2, -0.15) is 0 Å². The molecule has 0 N–H and O–H groups in total. The number of hydrogen-bond acceptors (Lipinski definition) is 10. The van der Waals surface area contributed by atoms with Gasteiger partial charge in [0, 0.05) is 54.7 Å². The van der Waals surface area contributed by atoms with Crippen LogP contribution in [0.1, 0.15) is 103 Å². The van der Waals surface area contributed by atoms with E-state index in [1.165, 1.54) is 51.4 Å². The maximum absolute atomic E-state index is 13.2. The molecule has 0 unspecified atom stereocenters. The lowest BCUT2D eigenvalue weighted by Crippen LogP contribution is -2.42. The average Bonchev–Trinajstić information content (AvgIpc) is 3.17. The Bertz CT molecular complexity index is 1150. The summed E-state index contributed by atoms with van der Waals surface area (Å²) < 4.78 is 71.0. The highest BCUT2D eigenvalue weighted by molar-refractivity contribution is 7.91. The zero-order valence-corrected chi connectivity index (χ0v) is 35.1. The van der Waals surface area contributed by atoms with Crippen LogP contribution in [0.25, 0.3) is 0 Å². The van der Waals surface area contributed by atoms with Crippen LogP contribution in [0.2, 0.25) is 12.1 Å². The van der Waals surface area contributed by atoms with Gasteiger partial charge in [-0.1, -0.05) is 77.0 Å². The molecular weight excluding hydrogens is 705 g/mol. The molecule has 2 aromatic rings. The van der Waals surface area contributed by atoms with E-state index in [2.05, 4.69) is 0 Å². The third-order valence-electron chi connectivity index (χ3n) is 9.43. The summed E-state index contributed by atoms with van der Waals surface area (Å²) in [6, 6.07) is 15.1. The third kappa shape index (κ3) is 16.8. The van der Waals surface area contributed by atoms with Gasteiger partial charge in [0.15, 0.2) is 0 Å². The Labute approximate surface area is 311 Å². The smallest absolute Gasteiger partial charge is 0.494 e. The first-order chi connectivity index (χ1) is 24.7. The van der Waals surface area contributed by atoms with Crippen molar-refractivity contribution in [1.82, 2.24) is 0 Å². The molecule has 0 heterocycles. The Morgan fingerprint density at radius 2 is 0.647 bits per heavy atom. The Morgan fingerprint density at radius 1 is 0.392 bits per heavy atom. The Kier molecular flexibility index (Phi) is 23.2. The maximum Gasteiger partial charge on any atom is 0.500 e. The van der Waals surface area contributed by atoms with Crippen molar-refractivity contribution < 1.29 is 44.4 Å². The Balaban J connectivity index is 1.56. The monoisotopic (exact) mass is 770 g/mol. The van der Waals surface area contributed by atoms with Gasteiger partial charge in [-0.3, -0.25) is 0 Å². The van der Waals surface area contributed by atoms with E-state index in [0.29, 0.717) is 24.7 Å². The number of sulfone groups is 1. The molecule has 0 fully saturated rings. The summed E-state index contributed by atoms with van der Waals surface area (Å²) in [5.41, 5.74) is 0. The molecule has 51 heavy (non-hydrogen) atoms. The number of rotatable bonds is 32. The van der Waals surface area contributed by atoms with Crippen molar-refractivity contribution in [2.24, 2.45) is 0 Å². The molecule has 0 amide bonds. The number of unbranched alkanes of at least 4 members (excludes halogenated alkanes) is 14. The predicted octanol–water partition coefficient (Wildman–Crippen LogP) is 9.27. The van der Waals surface area contributed by atoms with Crippen molar-refractivity contribution in [1.29, 1.82) is 0 Å². The summed E-state index contributed by atoms with van der Waals surface area (Å²) in [6.45, 7) is 1.24. The first-order valence-corrected chi connectivity index (χ1v) is 24.1. The standard InChI is InChI=1S/C38H66O10SSi2/c1-41-50(42-2,43-3)33-21-17-13-9-7-11-15-19-31-47-35-23-27-37(28-24-35)49(39,40)38-29-25-36(26-30-38)48-32-20-16-12-8-10-14-18-22-34-51(44-4,45-5)46-6/h23-30H,7-22,31-34H2,1-6H3. The summed E-state index contributed by atoms with van der Waals surface area (Å²) in [5.74, 6) is 1.36. The molecule has 0 saturated heterocycles. The van der Waals surface area contributed by atoms with Gasteiger partial charge in [0.25, 0.3) is 0 Å². The summed E-state index contributed by atoms with van der Waals surface area (Å²) in [6.07, 6.45) is 18.3. The largest absolute Gasteiger partial charge is 0.500 e. The molecule has 0 atom stereocenters. The fourth-order valence-electron chi connectivity index (χ4n) is 6.07. The normalized spacial score (nSPS) is 12.4. The van der Waals surface area contributed by atoms with Crippen molar-refractivity contribution in [3.05, 3.63) is 48.5 Å². The van der Waals surface area contributed by atoms with Crippen LogP contribution in [0.5, 0.6) is 11.5 Å². The second-order valence-corrected chi connectivity index (χ2v) is 21.0. The van der Waals surface area contributed by atoms with E-state index in [1.807, 2.05) is 0 Å². The van der Waals surface area contributed by atoms with E-state index in [9.17, 15) is 8.42 Å². The highest BCUT2D eigenvalue weighted by atomic mass is 32.2. The van der Waals surface area contributed by atoms with Crippen LogP contribution in [-0.4, -0.2) is 81.9 Å². The van der Waals surface area contributed by atoms with E-state index in [1.54, 1.807) is 91.2 Å². The number of hydrogen-bond donors (Lipinski definition) is 0. The molecule has 2 aromatic carbocycles. The molecule has 0 aromatic heterocycles. The van der Waals surface area contributed by atoms with Crippen molar-refractivity contribution >= 4 is 27.4 Å². The van der Waals surface area contributed by atoms with Crippen molar-refractivity contribution in [2.75, 3.05) is 55.9 Å². The molecule has 10 nitrogen and oxygen atoms in total. The first-order valence-electron chi connectivity index (χ1n) is 18.8. The summed E-state index contributed by atoms with van der Waals surface area (Å²) in [5, 5.41) is 0. The summed E-state index contributed by atoms with van der Waals surface area (Å²) >= 11 is 0. The number of ether oxygens (including phenoxy) is 2. The van der Waals surface area contributed by atoms with E-state index >= 15 is 0 Å². The molecular formula is C38H66O10SSi2. The van der Waals surface area contributed by atoms with Crippen LogP contribution >= 0.6 is 0 Å². The average molecular weight is 771 g/mol. The molecule has 0 saturated carbocycles. The minimum Gasteiger partial charge on any atom is -0.494 e. The van der Waals surface area contributed by atoms with Gasteiger partial charge >= 0.3 is 17.6 Å². The van der Waals surface area contributed by atoms with Gasteiger partial charge < -0.3 is 36.0 Å². The Hall–Kier alpha value is -1.82. The van der Waals surface area contributed by atoms with Gasteiger partial charge in [-0.25, -0.2) is 8.42 Å². The van der Waals surface area contributed by atoms with Crippen molar-refractivity contribution in [2.45, 2.75) is 125 Å². The highest BCUT2D eigenvalue weighted by Gasteiger charge is 2.37. The van der Waals surface area contributed by atoms with Crippen LogP contribution in [0, 0.1) is 0 Å². The number of benzene rings is 2. The summed E-state index contributed by atoms with van der Waals surface area (Å²) in [7, 11) is 1.48. The quantitative estimate of drug-likeness (QED) is 0.0528. The summed E-state index contributed by atoms with van der Waals surface area (Å²) in [4.78, 5) is 0.496. The van der Waals surface area contributed by atoms with Crippen molar-refractivity contribution in [3.8, 4) is 11.5 Å². The van der Waals surface area contributed by atoms with Crippen LogP contribution in [-0.2, 0) is 36.4 Å². The zero-order valence-electron chi connectivity index (χ0n) is 32.3. The van der Waals surface area contributed by atoms with Crippen LogP contribution < -0.4 is 9.47 Å². The second-order valence-electron chi connectivity index (χ2n) is 12.9. The first kappa shape index (κ1) is 45.3. The minimum absolute atomic E-state index is 0.248. The predicted molar refractivity (Wildman–Crippen MR) is 206 cm³/mol. The molecule has 0 aliphatic heterocycles. The van der Waals surface area contributed by atoms with Gasteiger partial charge in [0.1, 0.15) is 11.5 Å². The van der Waals surface area contributed by atoms with E-state index in [0.717, 1.165) is 63.5 Å². The lowest BCUT2D eigenvalue weighted by Gasteiger charge is -2.24. The third-order valence-corrected chi connectivity index (χ3v) is 16.9. The van der Waals surface area contributed by atoms with E-state index < -0.39 is 27.4 Å². The molecule has 0 radical (unpaired) electrons. The molecule has 0 aliphatic rings. The van der Waals surface area contributed by atoms with Crippen LogP contribution in [0.4, 0.5) is 0 Å². The molecule has 0 spiro atoms. The van der Waals surface area contributed by atoms with E-state index in [4.69, 9.17) is 36.0 Å². The molecule has 0 aliphatic carbocycles. The SMILES string of the molecule is CO[Si](CCCCCCCCCCOc1ccc(S(=O)(=O)c2ccc(OCCCCCCCCCC[Si](OC)(OC)OC)cc2)cc1)(OC)OC. The topological polar surface area (TPSA) is 108 Å². The minimum atomic E-state index is -3.63. The van der Waals surface area contributed by atoms with Gasteiger partial charge in [-0.05, 0) is 74.2 Å².